The Kier molecular flexibility index (Phi) is 8.14. The van der Waals surface area contributed by atoms with Gasteiger partial charge in [-0.15, -0.1) is 11.8 Å². The van der Waals surface area contributed by atoms with Crippen LogP contribution in [-0.2, 0) is 4.74 Å². The van der Waals surface area contributed by atoms with Gasteiger partial charge in [0.1, 0.15) is 0 Å². The summed E-state index contributed by atoms with van der Waals surface area (Å²) in [4.78, 5) is 0. The van der Waals surface area contributed by atoms with Crippen molar-refractivity contribution in [1.29, 1.82) is 0 Å². The first kappa shape index (κ1) is 11.4. The molecule has 70 valence electrons. The number of methoxy groups -OCH3 is 1. The second-order valence-electron chi connectivity index (χ2n) is 2.63. The molecule has 0 spiro atoms. The minimum absolute atomic E-state index is 0.299. The van der Waals surface area contributed by atoms with E-state index >= 15 is 0 Å². The normalized spacial score (nSPS) is 11.9. The van der Waals surface area contributed by atoms with E-state index in [1.165, 1.54) is 0 Å². The summed E-state index contributed by atoms with van der Waals surface area (Å²) in [6.45, 7) is 2.63. The fraction of sp³-hybridized carbons (Fsp3) is 0.778. The molecule has 0 aromatic rings. The number of hydrogen-bond donors (Lipinski definition) is 2. The molecule has 3 nitrogen and oxygen atoms in total. The number of hydrogen-bond acceptors (Lipinski definition) is 3. The van der Waals surface area contributed by atoms with E-state index in [1.807, 2.05) is 6.92 Å². The maximum absolute atomic E-state index is 5.34. The third-order valence-corrected chi connectivity index (χ3v) is 1.66. The van der Waals surface area contributed by atoms with E-state index in [2.05, 4.69) is 17.3 Å². The van der Waals surface area contributed by atoms with Gasteiger partial charge in [0, 0.05) is 26.2 Å². The second kappa shape index (κ2) is 8.54. The van der Waals surface area contributed by atoms with E-state index in [9.17, 15) is 0 Å². The van der Waals surface area contributed by atoms with E-state index < -0.39 is 0 Å². The van der Waals surface area contributed by atoms with Crippen LogP contribution in [0.3, 0.4) is 0 Å². The first-order chi connectivity index (χ1) is 5.85. The average Bonchev–Trinajstić information content (AvgIpc) is 2.11. The minimum Gasteiger partial charge on any atom is -0.385 e. The standard InChI is InChI=1S/C9H18N2O/c1-3-4-6-9(11-10)7-5-8-12-2/h9,11H,5-8,10H2,1-2H3. The Balaban J connectivity index is 3.43. The highest BCUT2D eigenvalue weighted by Crippen LogP contribution is 1.99. The summed E-state index contributed by atoms with van der Waals surface area (Å²) < 4.78 is 4.94. The highest BCUT2D eigenvalue weighted by atomic mass is 16.5. The molecule has 0 radical (unpaired) electrons. The third kappa shape index (κ3) is 6.17. The quantitative estimate of drug-likeness (QED) is 0.266. The number of rotatable bonds is 6. The summed E-state index contributed by atoms with van der Waals surface area (Å²) in [5.74, 6) is 11.2. The zero-order valence-corrected chi connectivity index (χ0v) is 7.89. The van der Waals surface area contributed by atoms with Crippen LogP contribution in [0.5, 0.6) is 0 Å². The molecule has 0 rings (SSSR count). The molecule has 0 fully saturated rings. The van der Waals surface area contributed by atoms with Crippen LogP contribution in [0.15, 0.2) is 0 Å². The zero-order chi connectivity index (χ0) is 9.23. The minimum atomic E-state index is 0.299. The average molecular weight is 170 g/mol. The van der Waals surface area contributed by atoms with Crippen molar-refractivity contribution >= 4 is 0 Å². The van der Waals surface area contributed by atoms with Gasteiger partial charge < -0.3 is 4.74 Å². The van der Waals surface area contributed by atoms with Crippen molar-refractivity contribution < 1.29 is 4.74 Å². The smallest absolute Gasteiger partial charge is 0.0462 e. The largest absolute Gasteiger partial charge is 0.385 e. The fourth-order valence-corrected chi connectivity index (χ4v) is 0.944. The summed E-state index contributed by atoms with van der Waals surface area (Å²) in [6.07, 6.45) is 2.85. The van der Waals surface area contributed by atoms with Crippen LogP contribution in [0.25, 0.3) is 0 Å². The predicted octanol–water partition coefficient (Wildman–Crippen LogP) is 0.658. The number of hydrazine groups is 1. The lowest BCUT2D eigenvalue weighted by Crippen LogP contribution is -2.34. The molecular weight excluding hydrogens is 152 g/mol. The van der Waals surface area contributed by atoms with Gasteiger partial charge in [0.2, 0.25) is 0 Å². The van der Waals surface area contributed by atoms with Gasteiger partial charge in [-0.3, -0.25) is 11.3 Å². The van der Waals surface area contributed by atoms with Crippen LogP contribution >= 0.6 is 0 Å². The Morgan fingerprint density at radius 1 is 1.58 bits per heavy atom. The van der Waals surface area contributed by atoms with Crippen LogP contribution in [0.1, 0.15) is 26.2 Å². The van der Waals surface area contributed by atoms with Crippen LogP contribution in [0, 0.1) is 11.8 Å². The van der Waals surface area contributed by atoms with Crippen molar-refractivity contribution in [2.45, 2.75) is 32.2 Å². The summed E-state index contributed by atoms with van der Waals surface area (Å²) in [7, 11) is 1.71. The lowest BCUT2D eigenvalue weighted by atomic mass is 10.1. The van der Waals surface area contributed by atoms with Gasteiger partial charge in [0.05, 0.1) is 0 Å². The lowest BCUT2D eigenvalue weighted by molar-refractivity contribution is 0.189. The third-order valence-electron chi connectivity index (χ3n) is 1.66. The maximum atomic E-state index is 5.34. The lowest BCUT2D eigenvalue weighted by Gasteiger charge is -2.11. The molecule has 3 heteroatoms. The molecule has 0 saturated heterocycles. The van der Waals surface area contributed by atoms with Crippen molar-refractivity contribution in [3.05, 3.63) is 0 Å². The Hall–Kier alpha value is -0.560. The number of ether oxygens (including phenoxy) is 1. The molecule has 0 aliphatic heterocycles. The van der Waals surface area contributed by atoms with Gasteiger partial charge in [0.25, 0.3) is 0 Å². The second-order valence-corrected chi connectivity index (χ2v) is 2.63. The molecule has 12 heavy (non-hydrogen) atoms. The first-order valence-corrected chi connectivity index (χ1v) is 4.19. The van der Waals surface area contributed by atoms with Crippen molar-refractivity contribution in [3.63, 3.8) is 0 Å². The summed E-state index contributed by atoms with van der Waals surface area (Å²) in [6, 6.07) is 0.299. The number of nitrogens with two attached hydrogens (primary N) is 1. The molecule has 3 N–H and O–H groups in total. The van der Waals surface area contributed by atoms with Crippen LogP contribution in [0.2, 0.25) is 0 Å². The molecule has 0 aliphatic carbocycles. The predicted molar refractivity (Wildman–Crippen MR) is 50.3 cm³/mol. The molecular formula is C9H18N2O. The van der Waals surface area contributed by atoms with Gasteiger partial charge in [-0.1, -0.05) is 0 Å². The van der Waals surface area contributed by atoms with Crippen LogP contribution in [-0.4, -0.2) is 19.8 Å². The molecule has 0 aliphatic rings. The molecule has 1 unspecified atom stereocenters. The summed E-state index contributed by atoms with van der Waals surface area (Å²) >= 11 is 0. The Labute approximate surface area is 74.6 Å². The van der Waals surface area contributed by atoms with Crippen LogP contribution in [0.4, 0.5) is 0 Å². The molecule has 0 aromatic carbocycles. The summed E-state index contributed by atoms with van der Waals surface area (Å²) in [5, 5.41) is 0. The van der Waals surface area contributed by atoms with Crippen molar-refractivity contribution in [2.75, 3.05) is 13.7 Å². The van der Waals surface area contributed by atoms with Crippen LogP contribution < -0.4 is 11.3 Å². The molecule has 1 atom stereocenters. The Bertz CT molecular complexity index is 148. The highest BCUT2D eigenvalue weighted by molar-refractivity contribution is 4.97. The molecule has 0 aromatic heterocycles. The van der Waals surface area contributed by atoms with Gasteiger partial charge in [0.15, 0.2) is 0 Å². The van der Waals surface area contributed by atoms with E-state index in [4.69, 9.17) is 10.6 Å². The summed E-state index contributed by atoms with van der Waals surface area (Å²) in [5.41, 5.74) is 2.74. The monoisotopic (exact) mass is 170 g/mol. The van der Waals surface area contributed by atoms with Crippen molar-refractivity contribution in [2.24, 2.45) is 5.84 Å². The van der Waals surface area contributed by atoms with E-state index in [1.54, 1.807) is 7.11 Å². The van der Waals surface area contributed by atoms with Gasteiger partial charge >= 0.3 is 0 Å². The SMILES string of the molecule is CC#CCC(CCCOC)NN. The van der Waals surface area contributed by atoms with E-state index in [0.29, 0.717) is 6.04 Å². The Morgan fingerprint density at radius 3 is 2.83 bits per heavy atom. The Morgan fingerprint density at radius 2 is 2.33 bits per heavy atom. The van der Waals surface area contributed by atoms with Gasteiger partial charge in [-0.25, -0.2) is 0 Å². The fourth-order valence-electron chi connectivity index (χ4n) is 0.944. The highest BCUT2D eigenvalue weighted by Gasteiger charge is 2.02. The van der Waals surface area contributed by atoms with E-state index in [0.717, 1.165) is 25.9 Å². The van der Waals surface area contributed by atoms with Gasteiger partial charge in [-0.05, 0) is 19.8 Å². The number of nitrogens with one attached hydrogen (secondary N) is 1. The molecule has 0 amide bonds. The van der Waals surface area contributed by atoms with Crippen molar-refractivity contribution in [1.82, 2.24) is 5.43 Å². The van der Waals surface area contributed by atoms with Crippen molar-refractivity contribution in [3.8, 4) is 11.8 Å². The molecule has 0 bridgehead atoms. The maximum Gasteiger partial charge on any atom is 0.0462 e. The van der Waals surface area contributed by atoms with E-state index in [-0.39, 0.29) is 0 Å². The molecule has 0 heterocycles. The van der Waals surface area contributed by atoms with Gasteiger partial charge in [-0.2, -0.15) is 0 Å². The topological polar surface area (TPSA) is 47.3 Å². The molecule has 0 saturated carbocycles. The first-order valence-electron chi connectivity index (χ1n) is 4.19. The zero-order valence-electron chi connectivity index (χ0n) is 7.89.